The van der Waals surface area contributed by atoms with E-state index in [1.807, 2.05) is 13.8 Å². The summed E-state index contributed by atoms with van der Waals surface area (Å²) in [6.07, 6.45) is 0. The molecule has 0 saturated carbocycles. The molecule has 0 atom stereocenters. The first kappa shape index (κ1) is 15.3. The number of phenolic OH excluding ortho intramolecular Hbond substituents is 1. The van der Waals surface area contributed by atoms with E-state index in [-0.39, 0.29) is 16.6 Å². The molecule has 0 spiro atoms. The van der Waals surface area contributed by atoms with Crippen molar-refractivity contribution in [3.63, 3.8) is 0 Å². The van der Waals surface area contributed by atoms with E-state index in [1.165, 1.54) is 4.31 Å². The molecule has 0 bridgehead atoms. The topological polar surface area (TPSA) is 66.8 Å². The quantitative estimate of drug-likeness (QED) is 0.925. The van der Waals surface area contributed by atoms with Gasteiger partial charge in [-0.15, -0.1) is 0 Å². The van der Waals surface area contributed by atoms with Crippen molar-refractivity contribution in [1.82, 2.24) is 4.31 Å². The van der Waals surface area contributed by atoms with E-state index < -0.39 is 10.0 Å². The fourth-order valence-corrected chi connectivity index (χ4v) is 3.91. The third-order valence-electron chi connectivity index (χ3n) is 3.61. The van der Waals surface area contributed by atoms with Crippen LogP contribution >= 0.6 is 0 Å². The van der Waals surface area contributed by atoms with E-state index in [9.17, 15) is 13.5 Å². The van der Waals surface area contributed by atoms with Crippen molar-refractivity contribution < 1.29 is 18.3 Å². The van der Waals surface area contributed by atoms with Crippen molar-refractivity contribution in [3.8, 4) is 5.75 Å². The molecule has 1 saturated heterocycles. The molecule has 0 amide bonds. The number of nitrogens with zero attached hydrogens (tertiary/aromatic N) is 1. The minimum atomic E-state index is -3.58. The van der Waals surface area contributed by atoms with E-state index in [2.05, 4.69) is 0 Å². The number of sulfonamides is 1. The number of morpholine rings is 1. The van der Waals surface area contributed by atoms with E-state index in [0.29, 0.717) is 31.9 Å². The molecule has 20 heavy (non-hydrogen) atoms. The molecule has 1 aromatic rings. The van der Waals surface area contributed by atoms with Crippen molar-refractivity contribution in [1.29, 1.82) is 0 Å². The summed E-state index contributed by atoms with van der Waals surface area (Å²) in [5, 5.41) is 9.98. The van der Waals surface area contributed by atoms with Crippen LogP contribution in [0.5, 0.6) is 5.75 Å². The number of hydrogen-bond acceptors (Lipinski definition) is 4. The summed E-state index contributed by atoms with van der Waals surface area (Å²) >= 11 is 0. The van der Waals surface area contributed by atoms with Crippen LogP contribution in [0, 0.1) is 6.92 Å². The molecule has 1 heterocycles. The average Bonchev–Trinajstić information content (AvgIpc) is 2.42. The number of hydrogen-bond donors (Lipinski definition) is 1. The lowest BCUT2D eigenvalue weighted by Gasteiger charge is -2.27. The van der Waals surface area contributed by atoms with Gasteiger partial charge in [0, 0.05) is 18.7 Å². The summed E-state index contributed by atoms with van der Waals surface area (Å²) in [4.78, 5) is 0.197. The fraction of sp³-hybridized carbons (Fsp3) is 0.571. The minimum Gasteiger partial charge on any atom is -0.508 e. The van der Waals surface area contributed by atoms with Crippen LogP contribution < -0.4 is 0 Å². The number of aromatic hydroxyl groups is 1. The Morgan fingerprint density at radius 1 is 1.25 bits per heavy atom. The van der Waals surface area contributed by atoms with Crippen molar-refractivity contribution in [2.24, 2.45) is 0 Å². The van der Waals surface area contributed by atoms with Gasteiger partial charge in [0.1, 0.15) is 5.75 Å². The zero-order valence-corrected chi connectivity index (χ0v) is 12.9. The summed E-state index contributed by atoms with van der Waals surface area (Å²) in [6, 6.07) is 3.31. The Morgan fingerprint density at radius 2 is 1.85 bits per heavy atom. The predicted molar refractivity (Wildman–Crippen MR) is 76.5 cm³/mol. The molecule has 5 nitrogen and oxygen atoms in total. The highest BCUT2D eigenvalue weighted by molar-refractivity contribution is 7.89. The summed E-state index contributed by atoms with van der Waals surface area (Å²) in [5.74, 6) is 0.183. The summed E-state index contributed by atoms with van der Waals surface area (Å²) in [5.41, 5.74) is 1.22. The van der Waals surface area contributed by atoms with Crippen LogP contribution in [0.2, 0.25) is 0 Å². The van der Waals surface area contributed by atoms with Gasteiger partial charge in [0.05, 0.1) is 18.1 Å². The second-order valence-electron chi connectivity index (χ2n) is 5.33. The lowest BCUT2D eigenvalue weighted by molar-refractivity contribution is 0.0730. The van der Waals surface area contributed by atoms with Gasteiger partial charge in [0.15, 0.2) is 0 Å². The van der Waals surface area contributed by atoms with Crippen LogP contribution in [-0.2, 0) is 14.8 Å². The SMILES string of the molecule is Cc1c(O)cc(C(C)C)cc1S(=O)(=O)N1CCOCC1. The molecule has 112 valence electrons. The number of rotatable bonds is 3. The minimum absolute atomic E-state index is 0.0306. The van der Waals surface area contributed by atoms with Crippen molar-refractivity contribution in [2.75, 3.05) is 26.3 Å². The monoisotopic (exact) mass is 299 g/mol. The lowest BCUT2D eigenvalue weighted by Crippen LogP contribution is -2.40. The Labute approximate surface area is 120 Å². The van der Waals surface area contributed by atoms with Crippen LogP contribution in [0.3, 0.4) is 0 Å². The second kappa shape index (κ2) is 5.71. The first-order valence-electron chi connectivity index (χ1n) is 6.75. The molecule has 1 aliphatic rings. The standard InChI is InChI=1S/C14H21NO4S/c1-10(2)12-8-13(16)11(3)14(9-12)20(17,18)15-4-6-19-7-5-15/h8-10,16H,4-7H2,1-3H3. The number of phenols is 1. The molecule has 2 rings (SSSR count). The molecule has 0 aromatic heterocycles. The average molecular weight is 299 g/mol. The predicted octanol–water partition coefficient (Wildman–Crippen LogP) is 1.84. The molecule has 1 aromatic carbocycles. The van der Waals surface area contributed by atoms with Crippen molar-refractivity contribution in [3.05, 3.63) is 23.3 Å². The number of benzene rings is 1. The highest BCUT2D eigenvalue weighted by Crippen LogP contribution is 2.31. The Kier molecular flexibility index (Phi) is 4.36. The Bertz CT molecular complexity index is 589. The van der Waals surface area contributed by atoms with Gasteiger partial charge in [-0.05, 0) is 30.5 Å². The van der Waals surface area contributed by atoms with Crippen LogP contribution in [0.15, 0.2) is 17.0 Å². The highest BCUT2D eigenvalue weighted by Gasteiger charge is 2.29. The first-order chi connectivity index (χ1) is 9.34. The normalized spacial score (nSPS) is 17.6. The zero-order chi connectivity index (χ0) is 14.9. The van der Waals surface area contributed by atoms with Crippen LogP contribution in [0.1, 0.15) is 30.9 Å². The van der Waals surface area contributed by atoms with Crippen LogP contribution in [-0.4, -0.2) is 44.1 Å². The van der Waals surface area contributed by atoms with Gasteiger partial charge in [0.2, 0.25) is 10.0 Å². The first-order valence-corrected chi connectivity index (χ1v) is 8.19. The van der Waals surface area contributed by atoms with Crippen LogP contribution in [0.4, 0.5) is 0 Å². The third-order valence-corrected chi connectivity index (χ3v) is 5.63. The van der Waals surface area contributed by atoms with Gasteiger partial charge < -0.3 is 9.84 Å². The van der Waals surface area contributed by atoms with Crippen molar-refractivity contribution >= 4 is 10.0 Å². The zero-order valence-electron chi connectivity index (χ0n) is 12.1. The van der Waals surface area contributed by atoms with E-state index in [0.717, 1.165) is 5.56 Å². The Morgan fingerprint density at radius 3 is 2.40 bits per heavy atom. The molecule has 0 radical (unpaired) electrons. The second-order valence-corrected chi connectivity index (χ2v) is 7.24. The maximum absolute atomic E-state index is 12.7. The molecule has 1 N–H and O–H groups in total. The van der Waals surface area contributed by atoms with Crippen LogP contribution in [0.25, 0.3) is 0 Å². The molecule has 1 fully saturated rings. The van der Waals surface area contributed by atoms with E-state index in [1.54, 1.807) is 19.1 Å². The molecule has 1 aliphatic heterocycles. The van der Waals surface area contributed by atoms with E-state index >= 15 is 0 Å². The van der Waals surface area contributed by atoms with Gasteiger partial charge in [-0.2, -0.15) is 4.31 Å². The smallest absolute Gasteiger partial charge is 0.243 e. The largest absolute Gasteiger partial charge is 0.508 e. The molecule has 0 unspecified atom stereocenters. The molecule has 6 heteroatoms. The molecule has 0 aliphatic carbocycles. The maximum atomic E-state index is 12.7. The number of ether oxygens (including phenoxy) is 1. The van der Waals surface area contributed by atoms with Crippen molar-refractivity contribution in [2.45, 2.75) is 31.6 Å². The maximum Gasteiger partial charge on any atom is 0.243 e. The Balaban J connectivity index is 2.50. The lowest BCUT2D eigenvalue weighted by atomic mass is 10.0. The van der Waals surface area contributed by atoms with Gasteiger partial charge in [-0.1, -0.05) is 13.8 Å². The van der Waals surface area contributed by atoms with Gasteiger partial charge in [-0.3, -0.25) is 0 Å². The molecular formula is C14H21NO4S. The Hall–Kier alpha value is -1.11. The van der Waals surface area contributed by atoms with Gasteiger partial charge >= 0.3 is 0 Å². The van der Waals surface area contributed by atoms with Gasteiger partial charge in [0.25, 0.3) is 0 Å². The third kappa shape index (κ3) is 2.82. The summed E-state index contributed by atoms with van der Waals surface area (Å²) in [6.45, 7) is 7.10. The van der Waals surface area contributed by atoms with Gasteiger partial charge in [-0.25, -0.2) is 8.42 Å². The van der Waals surface area contributed by atoms with E-state index in [4.69, 9.17) is 4.74 Å². The fourth-order valence-electron chi connectivity index (χ4n) is 2.22. The highest BCUT2D eigenvalue weighted by atomic mass is 32.2. The molecular weight excluding hydrogens is 278 g/mol. The summed E-state index contributed by atoms with van der Waals surface area (Å²) in [7, 11) is -3.58. The summed E-state index contributed by atoms with van der Waals surface area (Å²) < 4.78 is 32.0.